The number of aryl methyl sites for hydroxylation is 1. The molecule has 2 amide bonds. The molecule has 22 heavy (non-hydrogen) atoms. The van der Waals surface area contributed by atoms with Gasteiger partial charge in [0.2, 0.25) is 3.79 Å². The Hall–Kier alpha value is -1.44. The van der Waals surface area contributed by atoms with Gasteiger partial charge in [-0.25, -0.2) is 4.79 Å². The minimum atomic E-state index is -1.82. The van der Waals surface area contributed by atoms with Crippen LogP contribution >= 0.6 is 34.8 Å². The largest absolute Gasteiger partial charge is 0.362 e. The predicted octanol–water partition coefficient (Wildman–Crippen LogP) is 3.28. The number of rotatable bonds is 4. The summed E-state index contributed by atoms with van der Waals surface area (Å²) in [5.41, 5.74) is 1.03. The van der Waals surface area contributed by atoms with Crippen molar-refractivity contribution in [2.75, 3.05) is 19.4 Å². The molecule has 0 fully saturated rings. The van der Waals surface area contributed by atoms with Crippen LogP contribution in [0.5, 0.6) is 0 Å². The third kappa shape index (κ3) is 5.08. The number of nitro groups is 1. The number of alkyl halides is 3. The molecule has 1 atom stereocenters. The minimum Gasteiger partial charge on any atom is -0.362 e. The summed E-state index contributed by atoms with van der Waals surface area (Å²) >= 11 is 17.6. The summed E-state index contributed by atoms with van der Waals surface area (Å²) in [6.07, 6.45) is -1.02. The number of nitrogens with zero attached hydrogens (tertiary/aromatic N) is 2. The van der Waals surface area contributed by atoms with Gasteiger partial charge in [0.15, 0.2) is 0 Å². The van der Waals surface area contributed by atoms with Gasteiger partial charge in [0, 0.05) is 31.9 Å². The van der Waals surface area contributed by atoms with Crippen LogP contribution in [0.3, 0.4) is 0 Å². The number of carbonyl (C=O) groups is 1. The van der Waals surface area contributed by atoms with E-state index >= 15 is 0 Å². The Kier molecular flexibility index (Phi) is 6.10. The molecule has 7 nitrogen and oxygen atoms in total. The van der Waals surface area contributed by atoms with Crippen molar-refractivity contribution in [3.63, 3.8) is 0 Å². The second kappa shape index (κ2) is 7.21. The number of benzene rings is 1. The van der Waals surface area contributed by atoms with Gasteiger partial charge < -0.3 is 15.5 Å². The first-order valence-corrected chi connectivity index (χ1v) is 7.22. The zero-order chi connectivity index (χ0) is 17.1. The molecule has 1 aromatic rings. The molecule has 10 heteroatoms. The second-order valence-corrected chi connectivity index (χ2v) is 7.09. The molecule has 0 aliphatic carbocycles. The van der Waals surface area contributed by atoms with E-state index in [2.05, 4.69) is 10.6 Å². The number of carbonyl (C=O) groups excluding carboxylic acids is 1. The highest BCUT2D eigenvalue weighted by molar-refractivity contribution is 6.68. The van der Waals surface area contributed by atoms with Crippen molar-refractivity contribution in [2.24, 2.45) is 0 Å². The first kappa shape index (κ1) is 18.6. The number of hydrogen-bond donors (Lipinski definition) is 2. The van der Waals surface area contributed by atoms with Crippen LogP contribution in [-0.4, -0.2) is 39.9 Å². The van der Waals surface area contributed by atoms with Crippen molar-refractivity contribution >= 4 is 52.2 Å². The van der Waals surface area contributed by atoms with Gasteiger partial charge in [-0.05, 0) is 18.6 Å². The van der Waals surface area contributed by atoms with Crippen molar-refractivity contribution in [3.05, 3.63) is 33.9 Å². The Morgan fingerprint density at radius 2 is 1.95 bits per heavy atom. The van der Waals surface area contributed by atoms with Crippen LogP contribution in [0.2, 0.25) is 0 Å². The molecule has 2 N–H and O–H groups in total. The van der Waals surface area contributed by atoms with Crippen LogP contribution in [0.1, 0.15) is 5.56 Å². The summed E-state index contributed by atoms with van der Waals surface area (Å²) in [6.45, 7) is 1.67. The van der Waals surface area contributed by atoms with E-state index in [4.69, 9.17) is 34.8 Å². The molecular weight excluding hydrogens is 355 g/mol. The highest BCUT2D eigenvalue weighted by Crippen LogP contribution is 2.32. The lowest BCUT2D eigenvalue weighted by atomic mass is 10.1. The maximum atomic E-state index is 11.7. The van der Waals surface area contributed by atoms with Gasteiger partial charge in [0.25, 0.3) is 5.69 Å². The van der Waals surface area contributed by atoms with E-state index in [0.29, 0.717) is 11.3 Å². The number of non-ortho nitro benzene ring substituents is 1. The van der Waals surface area contributed by atoms with Crippen LogP contribution in [0.4, 0.5) is 16.2 Å². The monoisotopic (exact) mass is 368 g/mol. The standard InChI is InChI=1S/C12H15Cl3N4O3/c1-7-6-8(19(21)22)4-5-9(7)16-10(12(13,14)15)17-11(20)18(2)3/h4-6,10,16H,1-3H3,(H,17,20)/t10-/m0/s1. The molecule has 0 heterocycles. The summed E-state index contributed by atoms with van der Waals surface area (Å²) in [5, 5.41) is 16.1. The van der Waals surface area contributed by atoms with E-state index in [1.807, 2.05) is 0 Å². The molecule has 0 spiro atoms. The smallest absolute Gasteiger partial charge is 0.318 e. The van der Waals surface area contributed by atoms with E-state index in [-0.39, 0.29) is 5.69 Å². The molecule has 0 aliphatic rings. The first-order valence-electron chi connectivity index (χ1n) is 6.08. The van der Waals surface area contributed by atoms with Gasteiger partial charge in [0.05, 0.1) is 4.92 Å². The van der Waals surface area contributed by atoms with Gasteiger partial charge in [-0.1, -0.05) is 34.8 Å². The van der Waals surface area contributed by atoms with Crippen molar-refractivity contribution in [2.45, 2.75) is 16.9 Å². The van der Waals surface area contributed by atoms with E-state index in [1.165, 1.54) is 23.1 Å². The number of urea groups is 1. The van der Waals surface area contributed by atoms with Gasteiger partial charge >= 0.3 is 6.03 Å². The maximum Gasteiger partial charge on any atom is 0.318 e. The molecule has 1 rings (SSSR count). The Labute approximate surface area is 142 Å². The number of nitrogens with one attached hydrogen (secondary N) is 2. The van der Waals surface area contributed by atoms with Crippen LogP contribution in [0, 0.1) is 17.0 Å². The quantitative estimate of drug-likeness (QED) is 0.369. The zero-order valence-corrected chi connectivity index (χ0v) is 14.3. The molecule has 0 bridgehead atoms. The topological polar surface area (TPSA) is 87.5 Å². The fraction of sp³-hybridized carbons (Fsp3) is 0.417. The van der Waals surface area contributed by atoms with E-state index in [0.717, 1.165) is 0 Å². The molecule has 0 saturated heterocycles. The van der Waals surface area contributed by atoms with Crippen molar-refractivity contribution in [1.29, 1.82) is 0 Å². The van der Waals surface area contributed by atoms with Crippen LogP contribution < -0.4 is 10.6 Å². The normalized spacial score (nSPS) is 12.5. The minimum absolute atomic E-state index is 0.0502. The molecule has 0 radical (unpaired) electrons. The zero-order valence-electron chi connectivity index (χ0n) is 12.1. The van der Waals surface area contributed by atoms with E-state index in [1.54, 1.807) is 21.0 Å². The number of nitro benzene ring substituents is 1. The Morgan fingerprint density at radius 1 is 1.36 bits per heavy atom. The van der Waals surface area contributed by atoms with Crippen molar-refractivity contribution in [3.8, 4) is 0 Å². The average molecular weight is 370 g/mol. The third-order valence-electron chi connectivity index (χ3n) is 2.72. The fourth-order valence-corrected chi connectivity index (χ4v) is 1.86. The third-order valence-corrected chi connectivity index (χ3v) is 3.38. The SMILES string of the molecule is Cc1cc([N+](=O)[O-])ccc1N[C@@H](NC(=O)N(C)C)C(Cl)(Cl)Cl. The number of amides is 2. The maximum absolute atomic E-state index is 11.7. The molecule has 0 aromatic heterocycles. The van der Waals surface area contributed by atoms with Crippen molar-refractivity contribution in [1.82, 2.24) is 10.2 Å². The summed E-state index contributed by atoms with van der Waals surface area (Å²) in [4.78, 5) is 23.2. The van der Waals surface area contributed by atoms with Gasteiger partial charge in [0.1, 0.15) is 6.17 Å². The molecular formula is C12H15Cl3N4O3. The van der Waals surface area contributed by atoms with E-state index in [9.17, 15) is 14.9 Å². The fourth-order valence-electron chi connectivity index (χ4n) is 1.53. The molecule has 1 aromatic carbocycles. The van der Waals surface area contributed by atoms with Crippen molar-refractivity contribution < 1.29 is 9.72 Å². The van der Waals surface area contributed by atoms with Gasteiger partial charge in [-0.15, -0.1) is 0 Å². The second-order valence-electron chi connectivity index (χ2n) is 4.72. The number of anilines is 1. The van der Waals surface area contributed by atoms with E-state index < -0.39 is 20.9 Å². The Bertz CT molecular complexity index is 575. The molecule has 0 unspecified atom stereocenters. The summed E-state index contributed by atoms with van der Waals surface area (Å²) in [6, 6.07) is 3.73. The molecule has 122 valence electrons. The predicted molar refractivity (Wildman–Crippen MR) is 87.8 cm³/mol. The summed E-state index contributed by atoms with van der Waals surface area (Å²) in [5.74, 6) is 0. The number of halogens is 3. The lowest BCUT2D eigenvalue weighted by Gasteiger charge is -2.29. The lowest BCUT2D eigenvalue weighted by Crippen LogP contribution is -2.52. The van der Waals surface area contributed by atoms with Crippen LogP contribution in [-0.2, 0) is 0 Å². The molecule has 0 aliphatic heterocycles. The van der Waals surface area contributed by atoms with Gasteiger partial charge in [-0.2, -0.15) is 0 Å². The van der Waals surface area contributed by atoms with Crippen LogP contribution in [0.25, 0.3) is 0 Å². The van der Waals surface area contributed by atoms with Gasteiger partial charge in [-0.3, -0.25) is 10.1 Å². The summed E-state index contributed by atoms with van der Waals surface area (Å²) < 4.78 is -1.82. The summed E-state index contributed by atoms with van der Waals surface area (Å²) in [7, 11) is 3.09. The first-order chi connectivity index (χ1) is 10.0. The van der Waals surface area contributed by atoms with Crippen LogP contribution in [0.15, 0.2) is 18.2 Å². The highest BCUT2D eigenvalue weighted by Gasteiger charge is 2.34. The number of hydrogen-bond acceptors (Lipinski definition) is 4. The average Bonchev–Trinajstić information content (AvgIpc) is 2.38. The Morgan fingerprint density at radius 3 is 2.36 bits per heavy atom. The highest BCUT2D eigenvalue weighted by atomic mass is 35.6. The lowest BCUT2D eigenvalue weighted by molar-refractivity contribution is -0.384. The Balaban J connectivity index is 3.00. The molecule has 0 saturated carbocycles.